The lowest BCUT2D eigenvalue weighted by Gasteiger charge is -2.35. The van der Waals surface area contributed by atoms with Crippen LogP contribution in [0.2, 0.25) is 0 Å². The molecule has 0 aliphatic carbocycles. The summed E-state index contributed by atoms with van der Waals surface area (Å²) < 4.78 is 0. The molecule has 2 heterocycles. The Bertz CT molecular complexity index is 427. The van der Waals surface area contributed by atoms with Gasteiger partial charge in [-0.05, 0) is 36.6 Å². The van der Waals surface area contributed by atoms with Gasteiger partial charge in [0.05, 0.1) is 0 Å². The van der Waals surface area contributed by atoms with E-state index < -0.39 is 0 Å². The molecule has 2 nitrogen and oxygen atoms in total. The smallest absolute Gasteiger partial charge is 0.0482 e. The number of likely N-dealkylation sites (N-methyl/N-ethyl adjacent to an activating group) is 1. The fraction of sp³-hybridized carbons (Fsp3) is 0.625. The maximum absolute atomic E-state index is 2.65. The molecule has 1 saturated heterocycles. The molecule has 1 aromatic carbocycles. The third-order valence-electron chi connectivity index (χ3n) is 4.46. The zero-order valence-corrected chi connectivity index (χ0v) is 11.7. The normalized spacial score (nSPS) is 24.0. The third kappa shape index (κ3) is 2.19. The molecule has 1 aromatic rings. The van der Waals surface area contributed by atoms with Gasteiger partial charge in [-0.1, -0.05) is 31.5 Å². The van der Waals surface area contributed by atoms with Crippen molar-refractivity contribution in [1.29, 1.82) is 0 Å². The highest BCUT2D eigenvalue weighted by molar-refractivity contribution is 5.38. The first kappa shape index (κ1) is 12.2. The van der Waals surface area contributed by atoms with E-state index in [0.717, 1.165) is 0 Å². The van der Waals surface area contributed by atoms with Crippen molar-refractivity contribution >= 4 is 0 Å². The van der Waals surface area contributed by atoms with Crippen LogP contribution in [-0.2, 0) is 13.0 Å². The minimum atomic E-state index is 0.653. The van der Waals surface area contributed by atoms with E-state index in [2.05, 4.69) is 42.0 Å². The van der Waals surface area contributed by atoms with Crippen molar-refractivity contribution in [3.05, 3.63) is 34.9 Å². The zero-order valence-electron chi connectivity index (χ0n) is 11.7. The van der Waals surface area contributed by atoms with Crippen LogP contribution < -0.4 is 0 Å². The van der Waals surface area contributed by atoms with Crippen molar-refractivity contribution in [3.8, 4) is 0 Å². The molecule has 18 heavy (non-hydrogen) atoms. The van der Waals surface area contributed by atoms with Crippen molar-refractivity contribution in [3.63, 3.8) is 0 Å². The Balaban J connectivity index is 1.83. The molecule has 2 aliphatic rings. The van der Waals surface area contributed by atoms with E-state index in [9.17, 15) is 0 Å². The lowest BCUT2D eigenvalue weighted by Crippen LogP contribution is -2.43. The van der Waals surface area contributed by atoms with Crippen molar-refractivity contribution < 1.29 is 0 Å². The molecule has 2 aliphatic heterocycles. The molecule has 0 spiro atoms. The highest BCUT2D eigenvalue weighted by Gasteiger charge is 2.33. The van der Waals surface area contributed by atoms with Crippen molar-refractivity contribution in [2.45, 2.75) is 38.8 Å². The molecule has 0 saturated carbocycles. The highest BCUT2D eigenvalue weighted by Crippen LogP contribution is 2.36. The van der Waals surface area contributed by atoms with E-state index in [4.69, 9.17) is 0 Å². The Morgan fingerprint density at radius 3 is 3.00 bits per heavy atom. The van der Waals surface area contributed by atoms with Crippen LogP contribution in [0.1, 0.15) is 42.5 Å². The van der Waals surface area contributed by atoms with Gasteiger partial charge in [-0.2, -0.15) is 0 Å². The Hall–Kier alpha value is -0.860. The lowest BCUT2D eigenvalue weighted by atomic mass is 9.98. The maximum atomic E-state index is 2.65. The van der Waals surface area contributed by atoms with E-state index in [1.807, 2.05) is 0 Å². The number of hydrogen-bond donors (Lipinski definition) is 0. The molecule has 98 valence electrons. The third-order valence-corrected chi connectivity index (χ3v) is 4.46. The van der Waals surface area contributed by atoms with Crippen LogP contribution in [-0.4, -0.2) is 36.5 Å². The Morgan fingerprint density at radius 1 is 1.28 bits per heavy atom. The number of hydrogen-bond acceptors (Lipinski definition) is 2. The number of fused-ring (bicyclic) bond motifs is 3. The van der Waals surface area contributed by atoms with Crippen LogP contribution in [0.25, 0.3) is 0 Å². The largest absolute Gasteiger partial charge is 0.303 e. The molecule has 3 rings (SSSR count). The monoisotopic (exact) mass is 244 g/mol. The van der Waals surface area contributed by atoms with Crippen LogP contribution in [0, 0.1) is 0 Å². The summed E-state index contributed by atoms with van der Waals surface area (Å²) in [5.74, 6) is 0. The second-order valence-corrected chi connectivity index (χ2v) is 5.89. The number of unbranched alkanes of at least 4 members (excludes halogenated alkanes) is 1. The predicted octanol–water partition coefficient (Wildman–Crippen LogP) is 2.83. The molecule has 0 aromatic heterocycles. The standard InChI is InChI=1S/C16H24N2/c1-3-4-5-13-6-7-14-11-18-9-8-17(2)12-16(18)15(14)10-13/h6-7,10,16H,3-5,8-9,11-12H2,1-2H3. The van der Waals surface area contributed by atoms with Gasteiger partial charge in [0.15, 0.2) is 0 Å². The van der Waals surface area contributed by atoms with E-state index >= 15 is 0 Å². The highest BCUT2D eigenvalue weighted by atomic mass is 15.3. The zero-order chi connectivity index (χ0) is 12.5. The average molecular weight is 244 g/mol. The number of benzene rings is 1. The summed E-state index contributed by atoms with van der Waals surface area (Å²) in [6.45, 7) is 7.07. The van der Waals surface area contributed by atoms with Gasteiger partial charge in [0.1, 0.15) is 0 Å². The van der Waals surface area contributed by atoms with Crippen LogP contribution >= 0.6 is 0 Å². The first-order valence-corrected chi connectivity index (χ1v) is 7.32. The Labute approximate surface area is 111 Å². The molecule has 0 bridgehead atoms. The van der Waals surface area contributed by atoms with Gasteiger partial charge in [-0.15, -0.1) is 0 Å². The van der Waals surface area contributed by atoms with E-state index in [1.165, 1.54) is 51.0 Å². The molecule has 1 unspecified atom stereocenters. The average Bonchev–Trinajstić information content (AvgIpc) is 2.74. The lowest BCUT2D eigenvalue weighted by molar-refractivity contribution is 0.101. The van der Waals surface area contributed by atoms with Crippen molar-refractivity contribution in [2.24, 2.45) is 0 Å². The van der Waals surface area contributed by atoms with E-state index in [1.54, 1.807) is 11.1 Å². The van der Waals surface area contributed by atoms with Gasteiger partial charge in [0.25, 0.3) is 0 Å². The molecule has 1 atom stereocenters. The van der Waals surface area contributed by atoms with E-state index in [0.29, 0.717) is 6.04 Å². The fourth-order valence-corrected chi connectivity index (χ4v) is 3.30. The van der Waals surface area contributed by atoms with Crippen LogP contribution in [0.5, 0.6) is 0 Å². The number of aryl methyl sites for hydroxylation is 1. The van der Waals surface area contributed by atoms with Gasteiger partial charge < -0.3 is 4.90 Å². The summed E-state index contributed by atoms with van der Waals surface area (Å²) in [6, 6.07) is 7.85. The number of rotatable bonds is 3. The quantitative estimate of drug-likeness (QED) is 0.806. The fourth-order valence-electron chi connectivity index (χ4n) is 3.30. The van der Waals surface area contributed by atoms with Crippen molar-refractivity contribution in [2.75, 3.05) is 26.7 Å². The first-order valence-electron chi connectivity index (χ1n) is 7.32. The minimum absolute atomic E-state index is 0.653. The molecule has 0 amide bonds. The van der Waals surface area contributed by atoms with Crippen molar-refractivity contribution in [1.82, 2.24) is 9.80 Å². The summed E-state index contributed by atoms with van der Waals surface area (Å²) in [5, 5.41) is 0. The predicted molar refractivity (Wildman–Crippen MR) is 75.7 cm³/mol. The topological polar surface area (TPSA) is 6.48 Å². The van der Waals surface area contributed by atoms with Crippen LogP contribution in [0.15, 0.2) is 18.2 Å². The second kappa shape index (κ2) is 5.02. The molecular weight excluding hydrogens is 220 g/mol. The van der Waals surface area contributed by atoms with Gasteiger partial charge in [-0.3, -0.25) is 4.90 Å². The summed E-state index contributed by atoms with van der Waals surface area (Å²) in [6.07, 6.45) is 3.84. The molecule has 0 N–H and O–H groups in total. The minimum Gasteiger partial charge on any atom is -0.303 e. The summed E-state index contributed by atoms with van der Waals surface area (Å²) >= 11 is 0. The first-order chi connectivity index (χ1) is 8.78. The summed E-state index contributed by atoms with van der Waals surface area (Å²) in [4.78, 5) is 5.11. The number of piperazine rings is 1. The number of nitrogens with zero attached hydrogens (tertiary/aromatic N) is 2. The van der Waals surface area contributed by atoms with Gasteiger partial charge >= 0.3 is 0 Å². The van der Waals surface area contributed by atoms with Crippen LogP contribution in [0.4, 0.5) is 0 Å². The molecule has 1 fully saturated rings. The Morgan fingerprint density at radius 2 is 2.17 bits per heavy atom. The van der Waals surface area contributed by atoms with Crippen LogP contribution in [0.3, 0.4) is 0 Å². The Kier molecular flexibility index (Phi) is 3.40. The van der Waals surface area contributed by atoms with Gasteiger partial charge in [0, 0.05) is 32.2 Å². The summed E-state index contributed by atoms with van der Waals surface area (Å²) in [5.41, 5.74) is 4.70. The van der Waals surface area contributed by atoms with E-state index in [-0.39, 0.29) is 0 Å². The molecule has 2 heteroatoms. The maximum Gasteiger partial charge on any atom is 0.0482 e. The van der Waals surface area contributed by atoms with Gasteiger partial charge in [-0.25, -0.2) is 0 Å². The second-order valence-electron chi connectivity index (χ2n) is 5.89. The SMILES string of the molecule is CCCCc1ccc2c(c1)C1CN(C)CCN1C2. The summed E-state index contributed by atoms with van der Waals surface area (Å²) in [7, 11) is 2.25. The molecular formula is C16H24N2. The van der Waals surface area contributed by atoms with Gasteiger partial charge in [0.2, 0.25) is 0 Å². The molecule has 0 radical (unpaired) electrons.